The van der Waals surface area contributed by atoms with Gasteiger partial charge in [-0.1, -0.05) is 17.7 Å². The van der Waals surface area contributed by atoms with Gasteiger partial charge in [-0.15, -0.1) is 0 Å². The zero-order valence-corrected chi connectivity index (χ0v) is 16.0. The first-order valence-corrected chi connectivity index (χ1v) is 8.75. The van der Waals surface area contributed by atoms with Crippen molar-refractivity contribution in [3.8, 4) is 0 Å². The predicted octanol–water partition coefficient (Wildman–Crippen LogP) is 3.54. The van der Waals surface area contributed by atoms with Crippen LogP contribution >= 0.6 is 0 Å². The molecule has 146 valence electrons. The quantitative estimate of drug-likeness (QED) is 0.646. The van der Waals surface area contributed by atoms with Crippen LogP contribution in [0.25, 0.3) is 0 Å². The summed E-state index contributed by atoms with van der Waals surface area (Å²) in [6.45, 7) is 6.28. The van der Waals surface area contributed by atoms with Gasteiger partial charge in [0.25, 0.3) is 5.91 Å². The van der Waals surface area contributed by atoms with Crippen molar-refractivity contribution in [3.05, 3.63) is 69.8 Å². The summed E-state index contributed by atoms with van der Waals surface area (Å²) in [6, 6.07) is 5.55. The van der Waals surface area contributed by atoms with Crippen LogP contribution in [0.2, 0.25) is 0 Å². The van der Waals surface area contributed by atoms with E-state index in [1.54, 1.807) is 13.8 Å². The summed E-state index contributed by atoms with van der Waals surface area (Å²) >= 11 is 0. The van der Waals surface area contributed by atoms with E-state index >= 15 is 0 Å². The van der Waals surface area contributed by atoms with Crippen molar-refractivity contribution in [2.45, 2.75) is 33.2 Å². The van der Waals surface area contributed by atoms with Crippen molar-refractivity contribution in [3.63, 3.8) is 0 Å². The second-order valence-corrected chi connectivity index (χ2v) is 7.27. The molecule has 2 aromatic carbocycles. The number of hydrogen-bond donors (Lipinski definition) is 1. The topological polar surface area (TPSA) is 66.5 Å². The smallest absolute Gasteiger partial charge is 0.319 e. The van der Waals surface area contributed by atoms with Crippen LogP contribution in [0.15, 0.2) is 30.3 Å². The molecule has 7 heteroatoms. The van der Waals surface area contributed by atoms with Crippen LogP contribution in [0.3, 0.4) is 0 Å². The summed E-state index contributed by atoms with van der Waals surface area (Å²) in [7, 11) is 0. The van der Waals surface area contributed by atoms with Crippen LogP contribution in [0, 0.1) is 32.4 Å². The molecular formula is C21H20F2N2O3. The number of rotatable bonds is 4. The number of urea groups is 1. The molecule has 0 aromatic heterocycles. The van der Waals surface area contributed by atoms with E-state index in [2.05, 4.69) is 5.32 Å². The number of hydrogen-bond acceptors (Lipinski definition) is 3. The Bertz CT molecular complexity index is 996. The highest BCUT2D eigenvalue weighted by atomic mass is 19.1. The first-order valence-electron chi connectivity index (χ1n) is 8.75. The van der Waals surface area contributed by atoms with Crippen LogP contribution in [-0.4, -0.2) is 29.2 Å². The summed E-state index contributed by atoms with van der Waals surface area (Å²) < 4.78 is 27.8. The van der Waals surface area contributed by atoms with E-state index in [1.807, 2.05) is 19.1 Å². The number of carbonyl (C=O) groups excluding carboxylic acids is 3. The third-order valence-electron chi connectivity index (χ3n) is 5.00. The van der Waals surface area contributed by atoms with E-state index in [0.29, 0.717) is 5.56 Å². The van der Waals surface area contributed by atoms with Crippen molar-refractivity contribution in [1.82, 2.24) is 10.2 Å². The van der Waals surface area contributed by atoms with Gasteiger partial charge < -0.3 is 5.32 Å². The molecule has 1 N–H and O–H groups in total. The molecule has 5 nitrogen and oxygen atoms in total. The SMILES string of the molecule is Cc1cc(C)c(C(=O)CN2C(=O)N[C@](C)(c3cc(F)ccc3F)C2=O)c(C)c1. The highest BCUT2D eigenvalue weighted by molar-refractivity contribution is 6.11. The molecule has 1 saturated heterocycles. The number of ketones is 1. The number of Topliss-reactive ketones (excluding diaryl/α,β-unsaturated/α-hetero) is 1. The van der Waals surface area contributed by atoms with E-state index in [-0.39, 0.29) is 5.56 Å². The summed E-state index contributed by atoms with van der Waals surface area (Å²) in [5, 5.41) is 2.39. The van der Waals surface area contributed by atoms with Gasteiger partial charge in [0, 0.05) is 11.1 Å². The molecule has 0 saturated carbocycles. The van der Waals surface area contributed by atoms with Crippen molar-refractivity contribution in [1.29, 1.82) is 0 Å². The van der Waals surface area contributed by atoms with E-state index in [1.165, 1.54) is 6.92 Å². The molecule has 0 aliphatic carbocycles. The largest absolute Gasteiger partial charge is 0.325 e. The third-order valence-corrected chi connectivity index (χ3v) is 5.00. The molecule has 0 radical (unpaired) electrons. The molecule has 1 fully saturated rings. The Morgan fingerprint density at radius 1 is 1.07 bits per heavy atom. The fourth-order valence-corrected chi connectivity index (χ4v) is 3.75. The molecule has 1 aliphatic heterocycles. The highest BCUT2D eigenvalue weighted by Gasteiger charge is 2.51. The van der Waals surface area contributed by atoms with Crippen molar-refractivity contribution >= 4 is 17.7 Å². The van der Waals surface area contributed by atoms with E-state index < -0.39 is 41.4 Å². The number of aryl methyl sites for hydroxylation is 3. The van der Waals surface area contributed by atoms with Crippen molar-refractivity contribution < 1.29 is 23.2 Å². The maximum Gasteiger partial charge on any atom is 0.325 e. The molecular weight excluding hydrogens is 366 g/mol. The highest BCUT2D eigenvalue weighted by Crippen LogP contribution is 2.31. The Morgan fingerprint density at radius 2 is 1.68 bits per heavy atom. The van der Waals surface area contributed by atoms with Gasteiger partial charge in [-0.3, -0.25) is 14.5 Å². The lowest BCUT2D eigenvalue weighted by molar-refractivity contribution is -0.130. The van der Waals surface area contributed by atoms with E-state index in [9.17, 15) is 23.2 Å². The second kappa shape index (κ2) is 6.82. The summed E-state index contributed by atoms with van der Waals surface area (Å²) in [5.41, 5.74) is 0.846. The number of benzene rings is 2. The van der Waals surface area contributed by atoms with Crippen LogP contribution in [0.5, 0.6) is 0 Å². The average Bonchev–Trinajstić information content (AvgIpc) is 2.80. The molecule has 3 rings (SSSR count). The average molecular weight is 386 g/mol. The van der Waals surface area contributed by atoms with Gasteiger partial charge in [0.05, 0.1) is 6.54 Å². The molecule has 2 aromatic rings. The number of carbonyl (C=O) groups is 3. The van der Waals surface area contributed by atoms with E-state index in [0.717, 1.165) is 39.8 Å². The van der Waals surface area contributed by atoms with Crippen LogP contribution in [0.1, 0.15) is 39.5 Å². The lowest BCUT2D eigenvalue weighted by Crippen LogP contribution is -2.42. The minimum absolute atomic E-state index is 0.288. The Labute approximate surface area is 161 Å². The maximum absolute atomic E-state index is 14.2. The standard InChI is InChI=1S/C21H20F2N2O3/c1-11-7-12(2)18(13(3)8-11)17(26)10-25-19(27)21(4,24-20(25)28)15-9-14(22)5-6-16(15)23/h5-9H,10H2,1-4H3,(H,24,28)/t21-/m1/s1. The monoisotopic (exact) mass is 386 g/mol. The van der Waals surface area contributed by atoms with Crippen LogP contribution in [0.4, 0.5) is 13.6 Å². The minimum atomic E-state index is -1.79. The normalized spacial score (nSPS) is 19.1. The molecule has 1 atom stereocenters. The van der Waals surface area contributed by atoms with Gasteiger partial charge >= 0.3 is 6.03 Å². The van der Waals surface area contributed by atoms with Gasteiger partial charge in [0.2, 0.25) is 0 Å². The lowest BCUT2D eigenvalue weighted by Gasteiger charge is -2.23. The predicted molar refractivity (Wildman–Crippen MR) is 98.9 cm³/mol. The van der Waals surface area contributed by atoms with Gasteiger partial charge in [-0.25, -0.2) is 13.6 Å². The summed E-state index contributed by atoms with van der Waals surface area (Å²) in [6.07, 6.45) is 0. The minimum Gasteiger partial charge on any atom is -0.319 e. The maximum atomic E-state index is 14.2. The fourth-order valence-electron chi connectivity index (χ4n) is 3.75. The van der Waals surface area contributed by atoms with Gasteiger partial charge in [-0.2, -0.15) is 0 Å². The number of halogens is 2. The Kier molecular flexibility index (Phi) is 4.79. The summed E-state index contributed by atoms with van der Waals surface area (Å²) in [5.74, 6) is -2.77. The van der Waals surface area contributed by atoms with Gasteiger partial charge in [0.15, 0.2) is 5.78 Å². The molecule has 0 spiro atoms. The summed E-state index contributed by atoms with van der Waals surface area (Å²) in [4.78, 5) is 38.8. The van der Waals surface area contributed by atoms with Crippen LogP contribution < -0.4 is 5.32 Å². The third kappa shape index (κ3) is 3.17. The molecule has 28 heavy (non-hydrogen) atoms. The Hall–Kier alpha value is -3.09. The molecule has 1 aliphatic rings. The fraction of sp³-hybridized carbons (Fsp3) is 0.286. The van der Waals surface area contributed by atoms with Crippen molar-refractivity contribution in [2.75, 3.05) is 6.54 Å². The molecule has 3 amide bonds. The first-order chi connectivity index (χ1) is 13.0. The lowest BCUT2D eigenvalue weighted by atomic mass is 9.91. The Morgan fingerprint density at radius 3 is 2.29 bits per heavy atom. The molecule has 0 bridgehead atoms. The Balaban J connectivity index is 1.93. The van der Waals surface area contributed by atoms with Gasteiger partial charge in [-0.05, 0) is 57.0 Å². The van der Waals surface area contributed by atoms with Gasteiger partial charge in [0.1, 0.15) is 17.2 Å². The number of amides is 3. The zero-order chi connectivity index (χ0) is 20.8. The number of nitrogens with zero attached hydrogens (tertiary/aromatic N) is 1. The first kappa shape index (κ1) is 19.7. The van der Waals surface area contributed by atoms with E-state index in [4.69, 9.17) is 0 Å². The number of nitrogens with one attached hydrogen (secondary N) is 1. The number of imide groups is 1. The molecule has 0 unspecified atom stereocenters. The van der Waals surface area contributed by atoms with Crippen LogP contribution in [-0.2, 0) is 10.3 Å². The van der Waals surface area contributed by atoms with Crippen molar-refractivity contribution in [2.24, 2.45) is 0 Å². The molecule has 1 heterocycles. The zero-order valence-electron chi connectivity index (χ0n) is 16.0. The second-order valence-electron chi connectivity index (χ2n) is 7.27.